The minimum absolute atomic E-state index is 0.393. The molecule has 0 saturated heterocycles. The van der Waals surface area contributed by atoms with Gasteiger partial charge >= 0.3 is 0 Å². The minimum Gasteiger partial charge on any atom is -0.496 e. The first-order chi connectivity index (χ1) is 9.29. The van der Waals surface area contributed by atoms with E-state index >= 15 is 0 Å². The number of rotatable bonds is 3. The molecule has 1 aromatic carbocycles. The van der Waals surface area contributed by atoms with Gasteiger partial charge in [-0.15, -0.1) is 0 Å². The van der Waals surface area contributed by atoms with Gasteiger partial charge in [-0.25, -0.2) is 0 Å². The van der Waals surface area contributed by atoms with Gasteiger partial charge < -0.3 is 14.9 Å². The summed E-state index contributed by atoms with van der Waals surface area (Å²) in [4.78, 5) is 4.09. The number of para-hydroxylation sites is 1. The summed E-state index contributed by atoms with van der Waals surface area (Å²) in [6, 6.07) is 11.2. The summed E-state index contributed by atoms with van der Waals surface area (Å²) in [6.45, 7) is 0. The van der Waals surface area contributed by atoms with Crippen LogP contribution in [-0.2, 0) is 0 Å². The lowest BCUT2D eigenvalue weighted by Crippen LogP contribution is -2.12. The van der Waals surface area contributed by atoms with Crippen LogP contribution < -0.4 is 10.5 Å². The molecule has 2 N–H and O–H groups in total. The Hall–Kier alpha value is -2.33. The maximum Gasteiger partial charge on any atom is 0.134 e. The second-order valence-electron chi connectivity index (χ2n) is 4.28. The van der Waals surface area contributed by atoms with Gasteiger partial charge in [0.25, 0.3) is 0 Å². The third-order valence-electron chi connectivity index (χ3n) is 3.12. The Morgan fingerprint density at radius 2 is 2.11 bits per heavy atom. The van der Waals surface area contributed by atoms with Crippen LogP contribution >= 0.6 is 0 Å². The summed E-state index contributed by atoms with van der Waals surface area (Å²) in [5, 5.41) is 1.04. The van der Waals surface area contributed by atoms with Crippen molar-refractivity contribution in [2.24, 2.45) is 5.73 Å². The third-order valence-corrected chi connectivity index (χ3v) is 3.12. The van der Waals surface area contributed by atoms with E-state index in [1.807, 2.05) is 30.3 Å². The number of nitrogens with zero attached hydrogens (tertiary/aromatic N) is 1. The van der Waals surface area contributed by atoms with Crippen LogP contribution in [0.3, 0.4) is 0 Å². The standard InChI is InChI=1S/C15H14N2O2/c1-18-13-6-7-17-9-11(13)15(16)14-8-10-4-2-3-5-12(10)19-14/h2-9,15H,16H2,1H3. The second kappa shape index (κ2) is 4.74. The minimum atomic E-state index is -0.393. The molecule has 0 bridgehead atoms. The van der Waals surface area contributed by atoms with Crippen molar-refractivity contribution in [1.29, 1.82) is 0 Å². The fourth-order valence-electron chi connectivity index (χ4n) is 2.12. The number of nitrogens with two attached hydrogens (primary N) is 1. The molecule has 0 saturated carbocycles. The normalized spacial score (nSPS) is 12.5. The van der Waals surface area contributed by atoms with Crippen LogP contribution in [0.4, 0.5) is 0 Å². The molecule has 4 nitrogen and oxygen atoms in total. The molecule has 2 aromatic heterocycles. The SMILES string of the molecule is COc1ccncc1C(N)c1cc2ccccc2o1. The number of hydrogen-bond acceptors (Lipinski definition) is 4. The van der Waals surface area contributed by atoms with Gasteiger partial charge in [0.1, 0.15) is 17.1 Å². The molecule has 0 amide bonds. The van der Waals surface area contributed by atoms with Crippen LogP contribution in [0.25, 0.3) is 11.0 Å². The van der Waals surface area contributed by atoms with Gasteiger partial charge in [-0.2, -0.15) is 0 Å². The van der Waals surface area contributed by atoms with Crippen LogP contribution in [0.2, 0.25) is 0 Å². The third kappa shape index (κ3) is 2.06. The van der Waals surface area contributed by atoms with E-state index in [1.165, 1.54) is 0 Å². The summed E-state index contributed by atoms with van der Waals surface area (Å²) in [5.41, 5.74) is 7.88. The van der Waals surface area contributed by atoms with Crippen LogP contribution in [0.5, 0.6) is 5.75 Å². The zero-order valence-corrected chi connectivity index (χ0v) is 10.5. The van der Waals surface area contributed by atoms with Crippen LogP contribution in [0, 0.1) is 0 Å². The molecule has 3 aromatic rings. The Morgan fingerprint density at radius 1 is 1.26 bits per heavy atom. The number of benzene rings is 1. The molecule has 0 aliphatic carbocycles. The second-order valence-corrected chi connectivity index (χ2v) is 4.28. The molecule has 0 aliphatic rings. The summed E-state index contributed by atoms with van der Waals surface area (Å²) in [5.74, 6) is 1.41. The molecule has 0 spiro atoms. The van der Waals surface area contributed by atoms with E-state index < -0.39 is 6.04 Å². The van der Waals surface area contributed by atoms with Crippen molar-refractivity contribution in [3.63, 3.8) is 0 Å². The Kier molecular flexibility index (Phi) is 2.93. The van der Waals surface area contributed by atoms with Gasteiger partial charge in [-0.3, -0.25) is 4.98 Å². The topological polar surface area (TPSA) is 61.3 Å². The predicted octanol–water partition coefficient (Wildman–Crippen LogP) is 2.88. The van der Waals surface area contributed by atoms with Gasteiger partial charge in [0.05, 0.1) is 13.2 Å². The molecule has 3 rings (SSSR count). The summed E-state index contributed by atoms with van der Waals surface area (Å²) >= 11 is 0. The zero-order valence-electron chi connectivity index (χ0n) is 10.5. The molecule has 1 atom stereocenters. The van der Waals surface area contributed by atoms with E-state index in [-0.39, 0.29) is 0 Å². The highest BCUT2D eigenvalue weighted by Gasteiger charge is 2.18. The number of aromatic nitrogens is 1. The molecule has 0 fully saturated rings. The van der Waals surface area contributed by atoms with Crippen LogP contribution in [0.1, 0.15) is 17.4 Å². The summed E-state index contributed by atoms with van der Waals surface area (Å²) < 4.78 is 11.1. The zero-order chi connectivity index (χ0) is 13.2. The van der Waals surface area contributed by atoms with Gasteiger partial charge in [-0.1, -0.05) is 18.2 Å². The lowest BCUT2D eigenvalue weighted by molar-refractivity contribution is 0.403. The van der Waals surface area contributed by atoms with Crippen molar-refractivity contribution in [1.82, 2.24) is 4.98 Å². The molecule has 96 valence electrons. The van der Waals surface area contributed by atoms with Crippen LogP contribution in [-0.4, -0.2) is 12.1 Å². The number of hydrogen-bond donors (Lipinski definition) is 1. The number of fused-ring (bicyclic) bond motifs is 1. The fourth-order valence-corrected chi connectivity index (χ4v) is 2.12. The van der Waals surface area contributed by atoms with Crippen molar-refractivity contribution >= 4 is 11.0 Å². The number of pyridine rings is 1. The van der Waals surface area contributed by atoms with Crippen molar-refractivity contribution < 1.29 is 9.15 Å². The molecule has 1 unspecified atom stereocenters. The highest BCUT2D eigenvalue weighted by molar-refractivity contribution is 5.78. The van der Waals surface area contributed by atoms with E-state index in [4.69, 9.17) is 14.9 Å². The van der Waals surface area contributed by atoms with Crippen molar-refractivity contribution in [3.05, 3.63) is 60.1 Å². The molecular formula is C15H14N2O2. The Morgan fingerprint density at radius 3 is 2.89 bits per heavy atom. The highest BCUT2D eigenvalue weighted by atomic mass is 16.5. The maximum absolute atomic E-state index is 6.24. The monoisotopic (exact) mass is 254 g/mol. The molecule has 0 radical (unpaired) electrons. The van der Waals surface area contributed by atoms with E-state index in [9.17, 15) is 0 Å². The molecule has 2 heterocycles. The van der Waals surface area contributed by atoms with Crippen molar-refractivity contribution in [2.75, 3.05) is 7.11 Å². The molecule has 4 heteroatoms. The summed E-state index contributed by atoms with van der Waals surface area (Å²) in [6.07, 6.45) is 3.38. The maximum atomic E-state index is 6.24. The van der Waals surface area contributed by atoms with E-state index in [1.54, 1.807) is 25.6 Å². The van der Waals surface area contributed by atoms with Gasteiger partial charge in [0.2, 0.25) is 0 Å². The fraction of sp³-hybridized carbons (Fsp3) is 0.133. The quantitative estimate of drug-likeness (QED) is 0.780. The number of methoxy groups -OCH3 is 1. The predicted molar refractivity (Wildman–Crippen MR) is 73.0 cm³/mol. The molecule has 0 aliphatic heterocycles. The Balaban J connectivity index is 2.05. The smallest absolute Gasteiger partial charge is 0.134 e. The average Bonchev–Trinajstić information content (AvgIpc) is 2.90. The van der Waals surface area contributed by atoms with E-state index in [0.717, 1.165) is 16.5 Å². The van der Waals surface area contributed by atoms with E-state index in [0.29, 0.717) is 11.5 Å². The summed E-state index contributed by atoms with van der Waals surface area (Å²) in [7, 11) is 1.62. The Bertz CT molecular complexity index is 673. The lowest BCUT2D eigenvalue weighted by atomic mass is 10.1. The first-order valence-corrected chi connectivity index (χ1v) is 6.01. The lowest BCUT2D eigenvalue weighted by Gasteiger charge is -2.12. The average molecular weight is 254 g/mol. The highest BCUT2D eigenvalue weighted by Crippen LogP contribution is 2.30. The van der Waals surface area contributed by atoms with E-state index in [2.05, 4.69) is 4.98 Å². The van der Waals surface area contributed by atoms with Gasteiger partial charge in [0, 0.05) is 23.3 Å². The first-order valence-electron chi connectivity index (χ1n) is 6.01. The molecular weight excluding hydrogens is 240 g/mol. The van der Waals surface area contributed by atoms with Gasteiger partial charge in [-0.05, 0) is 18.2 Å². The first kappa shape index (κ1) is 11.7. The van der Waals surface area contributed by atoms with Crippen molar-refractivity contribution in [3.8, 4) is 5.75 Å². The Labute approximate surface area is 110 Å². The number of furan rings is 1. The van der Waals surface area contributed by atoms with Crippen molar-refractivity contribution in [2.45, 2.75) is 6.04 Å². The van der Waals surface area contributed by atoms with Gasteiger partial charge in [0.15, 0.2) is 0 Å². The largest absolute Gasteiger partial charge is 0.496 e. The van der Waals surface area contributed by atoms with Crippen LogP contribution in [0.15, 0.2) is 53.2 Å². The molecule has 19 heavy (non-hydrogen) atoms. The number of ether oxygens (including phenoxy) is 1.